The van der Waals surface area contributed by atoms with Gasteiger partial charge in [-0.2, -0.15) is 0 Å². The van der Waals surface area contributed by atoms with E-state index < -0.39 is 10.8 Å². The molecule has 1 saturated heterocycles. The molecular formula is C19H19N3O5. The van der Waals surface area contributed by atoms with E-state index in [1.165, 1.54) is 12.1 Å². The van der Waals surface area contributed by atoms with Crippen molar-refractivity contribution in [2.45, 2.75) is 19.8 Å². The van der Waals surface area contributed by atoms with Crippen LogP contribution >= 0.6 is 0 Å². The SMILES string of the molecule is Cc1ccc(NC(=O)COc2cccc(N3CCCC3=O)c2)c([N+](=O)[O-])c1. The van der Waals surface area contributed by atoms with E-state index in [0.29, 0.717) is 18.7 Å². The topological polar surface area (TPSA) is 102 Å². The van der Waals surface area contributed by atoms with Crippen molar-refractivity contribution in [2.24, 2.45) is 0 Å². The molecular weight excluding hydrogens is 350 g/mol. The number of aryl methyl sites for hydroxylation is 1. The molecule has 0 atom stereocenters. The molecule has 0 bridgehead atoms. The van der Waals surface area contributed by atoms with Gasteiger partial charge < -0.3 is 15.0 Å². The lowest BCUT2D eigenvalue weighted by Gasteiger charge is -2.16. The van der Waals surface area contributed by atoms with Crippen LogP contribution < -0.4 is 15.0 Å². The smallest absolute Gasteiger partial charge is 0.293 e. The number of carbonyl (C=O) groups is 2. The Morgan fingerprint density at radius 3 is 2.81 bits per heavy atom. The average molecular weight is 369 g/mol. The molecule has 2 aromatic rings. The summed E-state index contributed by atoms with van der Waals surface area (Å²) in [5, 5.41) is 13.6. The summed E-state index contributed by atoms with van der Waals surface area (Å²) < 4.78 is 5.48. The van der Waals surface area contributed by atoms with Gasteiger partial charge in [0, 0.05) is 30.8 Å². The molecule has 0 saturated carbocycles. The van der Waals surface area contributed by atoms with Gasteiger partial charge in [0.15, 0.2) is 6.61 Å². The third kappa shape index (κ3) is 4.41. The highest BCUT2D eigenvalue weighted by molar-refractivity contribution is 5.96. The zero-order valence-electron chi connectivity index (χ0n) is 14.8. The number of anilines is 2. The molecule has 8 heteroatoms. The van der Waals surface area contributed by atoms with Crippen molar-refractivity contribution in [1.29, 1.82) is 0 Å². The molecule has 1 N–H and O–H groups in total. The number of nitrogens with one attached hydrogen (secondary N) is 1. The van der Waals surface area contributed by atoms with E-state index in [1.807, 2.05) is 6.07 Å². The fourth-order valence-corrected chi connectivity index (χ4v) is 2.90. The second-order valence-corrected chi connectivity index (χ2v) is 6.26. The number of nitro groups is 1. The van der Waals surface area contributed by atoms with Crippen LogP contribution in [0.3, 0.4) is 0 Å². The van der Waals surface area contributed by atoms with Gasteiger partial charge in [-0.25, -0.2) is 0 Å². The monoisotopic (exact) mass is 369 g/mol. The standard InChI is InChI=1S/C19H19N3O5/c1-13-7-8-16(17(10-13)22(25)26)20-18(23)12-27-15-5-2-4-14(11-15)21-9-3-6-19(21)24/h2,4-5,7-8,10-11H,3,6,9,12H2,1H3,(H,20,23). The summed E-state index contributed by atoms with van der Waals surface area (Å²) in [6, 6.07) is 11.5. The minimum atomic E-state index is -0.542. The van der Waals surface area contributed by atoms with E-state index in [4.69, 9.17) is 4.74 Å². The van der Waals surface area contributed by atoms with Gasteiger partial charge in [-0.15, -0.1) is 0 Å². The molecule has 3 rings (SSSR count). The summed E-state index contributed by atoms with van der Waals surface area (Å²) in [7, 11) is 0. The van der Waals surface area contributed by atoms with Crippen LogP contribution in [-0.4, -0.2) is 29.9 Å². The summed E-state index contributed by atoms with van der Waals surface area (Å²) >= 11 is 0. The van der Waals surface area contributed by atoms with E-state index in [9.17, 15) is 19.7 Å². The van der Waals surface area contributed by atoms with E-state index in [-0.39, 0.29) is 23.9 Å². The van der Waals surface area contributed by atoms with Crippen LogP contribution in [0.25, 0.3) is 0 Å². The quantitative estimate of drug-likeness (QED) is 0.623. The first-order valence-corrected chi connectivity index (χ1v) is 8.52. The highest BCUT2D eigenvalue weighted by Gasteiger charge is 2.22. The molecule has 0 unspecified atom stereocenters. The summed E-state index contributed by atoms with van der Waals surface area (Å²) in [6.07, 6.45) is 1.35. The molecule has 0 aliphatic carbocycles. The van der Waals surface area contributed by atoms with Crippen molar-refractivity contribution in [1.82, 2.24) is 0 Å². The van der Waals surface area contributed by atoms with Crippen molar-refractivity contribution in [3.05, 3.63) is 58.1 Å². The van der Waals surface area contributed by atoms with Crippen molar-refractivity contribution < 1.29 is 19.2 Å². The summed E-state index contributed by atoms with van der Waals surface area (Å²) in [5.41, 5.74) is 1.40. The Kier molecular flexibility index (Phi) is 5.35. The fourth-order valence-electron chi connectivity index (χ4n) is 2.90. The van der Waals surface area contributed by atoms with Crippen LogP contribution in [0.4, 0.5) is 17.1 Å². The zero-order chi connectivity index (χ0) is 19.4. The second-order valence-electron chi connectivity index (χ2n) is 6.26. The molecule has 140 valence electrons. The molecule has 2 aromatic carbocycles. The van der Waals surface area contributed by atoms with Gasteiger partial charge >= 0.3 is 0 Å². The highest BCUT2D eigenvalue weighted by Crippen LogP contribution is 2.26. The van der Waals surface area contributed by atoms with Crippen LogP contribution in [0.2, 0.25) is 0 Å². The average Bonchev–Trinajstić information content (AvgIpc) is 3.07. The minimum Gasteiger partial charge on any atom is -0.484 e. The number of amides is 2. The number of hydrogen-bond donors (Lipinski definition) is 1. The molecule has 2 amide bonds. The van der Waals surface area contributed by atoms with Crippen molar-refractivity contribution >= 4 is 28.9 Å². The first kappa shape index (κ1) is 18.4. The first-order valence-electron chi connectivity index (χ1n) is 8.52. The van der Waals surface area contributed by atoms with Crippen LogP contribution in [0.1, 0.15) is 18.4 Å². The summed E-state index contributed by atoms with van der Waals surface area (Å²) in [4.78, 5) is 36.2. The Balaban J connectivity index is 1.63. The lowest BCUT2D eigenvalue weighted by molar-refractivity contribution is -0.384. The number of nitro benzene ring substituents is 1. The number of nitrogens with zero attached hydrogens (tertiary/aromatic N) is 2. The maximum Gasteiger partial charge on any atom is 0.293 e. The molecule has 8 nitrogen and oxygen atoms in total. The Labute approximate surface area is 155 Å². The van der Waals surface area contributed by atoms with Crippen LogP contribution in [0, 0.1) is 17.0 Å². The van der Waals surface area contributed by atoms with Crippen LogP contribution in [0.15, 0.2) is 42.5 Å². The number of ether oxygens (including phenoxy) is 1. The maximum atomic E-state index is 12.1. The predicted molar refractivity (Wildman–Crippen MR) is 100.0 cm³/mol. The van der Waals surface area contributed by atoms with Crippen LogP contribution in [-0.2, 0) is 9.59 Å². The number of hydrogen-bond acceptors (Lipinski definition) is 5. The molecule has 0 aromatic heterocycles. The molecule has 1 fully saturated rings. The molecule has 1 aliphatic heterocycles. The Morgan fingerprint density at radius 2 is 2.11 bits per heavy atom. The lowest BCUT2D eigenvalue weighted by atomic mass is 10.2. The highest BCUT2D eigenvalue weighted by atomic mass is 16.6. The van der Waals surface area contributed by atoms with Gasteiger partial charge in [-0.3, -0.25) is 19.7 Å². The lowest BCUT2D eigenvalue weighted by Crippen LogP contribution is -2.24. The Hall–Kier alpha value is -3.42. The van der Waals surface area contributed by atoms with E-state index >= 15 is 0 Å². The van der Waals surface area contributed by atoms with Gasteiger partial charge in [0.25, 0.3) is 11.6 Å². The van der Waals surface area contributed by atoms with Crippen molar-refractivity contribution in [3.8, 4) is 5.75 Å². The minimum absolute atomic E-state index is 0.0663. The number of rotatable bonds is 6. The second kappa shape index (κ2) is 7.86. The van der Waals surface area contributed by atoms with Gasteiger partial charge in [0.2, 0.25) is 5.91 Å². The molecule has 1 aliphatic rings. The largest absolute Gasteiger partial charge is 0.484 e. The molecule has 1 heterocycles. The van der Waals surface area contributed by atoms with E-state index in [2.05, 4.69) is 5.32 Å². The Bertz CT molecular complexity index is 897. The summed E-state index contributed by atoms with van der Waals surface area (Å²) in [5.74, 6) is 0.00179. The predicted octanol–water partition coefficient (Wildman–Crippen LogP) is 3.05. The fraction of sp³-hybridized carbons (Fsp3) is 0.263. The third-order valence-corrected chi connectivity index (χ3v) is 4.20. The number of benzene rings is 2. The van der Waals surface area contributed by atoms with Crippen molar-refractivity contribution in [3.63, 3.8) is 0 Å². The van der Waals surface area contributed by atoms with E-state index in [1.54, 1.807) is 36.1 Å². The third-order valence-electron chi connectivity index (χ3n) is 4.20. The number of carbonyl (C=O) groups excluding carboxylic acids is 2. The van der Waals surface area contributed by atoms with Gasteiger partial charge in [-0.05, 0) is 37.1 Å². The van der Waals surface area contributed by atoms with Gasteiger partial charge in [-0.1, -0.05) is 12.1 Å². The zero-order valence-corrected chi connectivity index (χ0v) is 14.8. The first-order chi connectivity index (χ1) is 12.9. The molecule has 27 heavy (non-hydrogen) atoms. The van der Waals surface area contributed by atoms with Crippen molar-refractivity contribution in [2.75, 3.05) is 23.4 Å². The normalized spacial score (nSPS) is 13.5. The molecule has 0 radical (unpaired) electrons. The molecule has 0 spiro atoms. The maximum absolute atomic E-state index is 12.1. The van der Waals surface area contributed by atoms with Gasteiger partial charge in [0.05, 0.1) is 4.92 Å². The summed E-state index contributed by atoms with van der Waals surface area (Å²) in [6.45, 7) is 2.10. The Morgan fingerprint density at radius 1 is 1.30 bits per heavy atom. The van der Waals surface area contributed by atoms with Gasteiger partial charge in [0.1, 0.15) is 11.4 Å². The van der Waals surface area contributed by atoms with E-state index in [0.717, 1.165) is 17.7 Å². The van der Waals surface area contributed by atoms with Crippen LogP contribution in [0.5, 0.6) is 5.75 Å².